The molecule has 1 N–H and O–H groups in total. The summed E-state index contributed by atoms with van der Waals surface area (Å²) in [4.78, 5) is 0. The van der Waals surface area contributed by atoms with Crippen LogP contribution in [-0.2, 0) is 6.54 Å². The van der Waals surface area contributed by atoms with Crippen molar-refractivity contribution in [2.75, 3.05) is 0 Å². The maximum absolute atomic E-state index is 5.22. The van der Waals surface area contributed by atoms with Crippen LogP contribution in [0.25, 0.3) is 0 Å². The van der Waals surface area contributed by atoms with Crippen molar-refractivity contribution < 1.29 is 4.52 Å². The van der Waals surface area contributed by atoms with E-state index >= 15 is 0 Å². The molecule has 3 nitrogen and oxygen atoms in total. The van der Waals surface area contributed by atoms with Crippen LogP contribution in [0.1, 0.15) is 68.9 Å². The number of nitrogens with zero attached hydrogens (tertiary/aromatic N) is 1. The quantitative estimate of drug-likeness (QED) is 0.813. The standard InChI is InChI=1S/C16H28N2O/c1-4-6-14-7-5-8-15(10-9-14)17-11-16-12(2)18-19-13(16)3/h14-15,17H,4-11H2,1-3H3. The summed E-state index contributed by atoms with van der Waals surface area (Å²) in [7, 11) is 0. The lowest BCUT2D eigenvalue weighted by molar-refractivity contribution is 0.390. The van der Waals surface area contributed by atoms with Crippen molar-refractivity contribution in [2.45, 2.75) is 78.3 Å². The minimum absolute atomic E-state index is 0.676. The summed E-state index contributed by atoms with van der Waals surface area (Å²) in [5, 5.41) is 7.73. The highest BCUT2D eigenvalue weighted by Crippen LogP contribution is 2.27. The highest BCUT2D eigenvalue weighted by Gasteiger charge is 2.19. The van der Waals surface area contributed by atoms with Gasteiger partial charge in [0.1, 0.15) is 5.76 Å². The van der Waals surface area contributed by atoms with Crippen LogP contribution in [0.4, 0.5) is 0 Å². The van der Waals surface area contributed by atoms with Gasteiger partial charge in [0.25, 0.3) is 0 Å². The first-order chi connectivity index (χ1) is 9.20. The van der Waals surface area contributed by atoms with Crippen LogP contribution in [0.15, 0.2) is 4.52 Å². The molecule has 0 bridgehead atoms. The zero-order valence-corrected chi connectivity index (χ0v) is 12.7. The molecule has 0 radical (unpaired) electrons. The number of hydrogen-bond donors (Lipinski definition) is 1. The molecule has 2 rings (SSSR count). The summed E-state index contributed by atoms with van der Waals surface area (Å²) >= 11 is 0. The van der Waals surface area contributed by atoms with Gasteiger partial charge < -0.3 is 9.84 Å². The van der Waals surface area contributed by atoms with Crippen LogP contribution in [0, 0.1) is 19.8 Å². The molecule has 0 saturated heterocycles. The molecule has 3 heteroatoms. The van der Waals surface area contributed by atoms with Gasteiger partial charge in [-0.1, -0.05) is 37.8 Å². The van der Waals surface area contributed by atoms with Gasteiger partial charge >= 0.3 is 0 Å². The molecule has 0 spiro atoms. The van der Waals surface area contributed by atoms with Crippen LogP contribution in [0.3, 0.4) is 0 Å². The van der Waals surface area contributed by atoms with Crippen molar-refractivity contribution in [3.63, 3.8) is 0 Å². The lowest BCUT2D eigenvalue weighted by Crippen LogP contribution is -2.28. The van der Waals surface area contributed by atoms with E-state index in [1.54, 1.807) is 0 Å². The van der Waals surface area contributed by atoms with E-state index in [1.807, 2.05) is 13.8 Å². The molecule has 1 fully saturated rings. The van der Waals surface area contributed by atoms with Crippen molar-refractivity contribution in [2.24, 2.45) is 5.92 Å². The minimum atomic E-state index is 0.676. The summed E-state index contributed by atoms with van der Waals surface area (Å²) in [5.74, 6) is 1.93. The Balaban J connectivity index is 1.80. The highest BCUT2D eigenvalue weighted by atomic mass is 16.5. The number of hydrogen-bond acceptors (Lipinski definition) is 3. The zero-order valence-electron chi connectivity index (χ0n) is 12.7. The van der Waals surface area contributed by atoms with E-state index in [0.717, 1.165) is 23.9 Å². The first-order valence-corrected chi connectivity index (χ1v) is 7.85. The number of aromatic nitrogens is 1. The number of aryl methyl sites for hydroxylation is 2. The van der Waals surface area contributed by atoms with Crippen molar-refractivity contribution in [3.8, 4) is 0 Å². The Morgan fingerprint density at radius 1 is 1.21 bits per heavy atom. The highest BCUT2D eigenvalue weighted by molar-refractivity contribution is 5.20. The summed E-state index contributed by atoms with van der Waals surface area (Å²) < 4.78 is 5.22. The smallest absolute Gasteiger partial charge is 0.138 e. The van der Waals surface area contributed by atoms with Gasteiger partial charge in [-0.3, -0.25) is 0 Å². The molecule has 1 aromatic rings. The molecule has 108 valence electrons. The Morgan fingerprint density at radius 2 is 2.05 bits per heavy atom. The minimum Gasteiger partial charge on any atom is -0.361 e. The maximum Gasteiger partial charge on any atom is 0.138 e. The first-order valence-electron chi connectivity index (χ1n) is 7.85. The normalized spacial score (nSPS) is 24.4. The molecular weight excluding hydrogens is 236 g/mol. The van der Waals surface area contributed by atoms with Gasteiger partial charge in [0.05, 0.1) is 5.69 Å². The van der Waals surface area contributed by atoms with Crippen LogP contribution >= 0.6 is 0 Å². The fraction of sp³-hybridized carbons (Fsp3) is 0.812. The third-order valence-electron chi connectivity index (χ3n) is 4.53. The van der Waals surface area contributed by atoms with Crippen molar-refractivity contribution in [3.05, 3.63) is 17.0 Å². The summed E-state index contributed by atoms with van der Waals surface area (Å²) in [5.41, 5.74) is 2.27. The van der Waals surface area contributed by atoms with E-state index in [-0.39, 0.29) is 0 Å². The Bertz CT molecular complexity index is 367. The van der Waals surface area contributed by atoms with E-state index < -0.39 is 0 Å². The predicted octanol–water partition coefficient (Wildman–Crippen LogP) is 4.13. The molecule has 2 unspecified atom stereocenters. The van der Waals surface area contributed by atoms with E-state index in [4.69, 9.17) is 4.52 Å². The lowest BCUT2D eigenvalue weighted by Gasteiger charge is -2.16. The van der Waals surface area contributed by atoms with E-state index in [2.05, 4.69) is 17.4 Å². The Hall–Kier alpha value is -0.830. The van der Waals surface area contributed by atoms with Gasteiger partial charge in [-0.2, -0.15) is 0 Å². The molecule has 2 atom stereocenters. The fourth-order valence-electron chi connectivity index (χ4n) is 3.28. The Labute approximate surface area is 117 Å². The third kappa shape index (κ3) is 4.07. The molecule has 1 saturated carbocycles. The maximum atomic E-state index is 5.22. The fourth-order valence-corrected chi connectivity index (χ4v) is 3.28. The second kappa shape index (κ2) is 7.09. The van der Waals surface area contributed by atoms with Gasteiger partial charge in [0.15, 0.2) is 0 Å². The molecule has 19 heavy (non-hydrogen) atoms. The second-order valence-electron chi connectivity index (χ2n) is 6.04. The summed E-state index contributed by atoms with van der Waals surface area (Å²) in [6, 6.07) is 0.676. The van der Waals surface area contributed by atoms with Crippen LogP contribution < -0.4 is 5.32 Å². The topological polar surface area (TPSA) is 38.1 Å². The summed E-state index contributed by atoms with van der Waals surface area (Å²) in [6.45, 7) is 7.24. The third-order valence-corrected chi connectivity index (χ3v) is 4.53. The molecule has 1 aliphatic carbocycles. The van der Waals surface area contributed by atoms with Gasteiger partial charge in [0.2, 0.25) is 0 Å². The molecule has 1 heterocycles. The van der Waals surface area contributed by atoms with Crippen LogP contribution in [-0.4, -0.2) is 11.2 Å². The van der Waals surface area contributed by atoms with Gasteiger partial charge in [-0.25, -0.2) is 0 Å². The molecule has 0 aromatic carbocycles. The van der Waals surface area contributed by atoms with Crippen molar-refractivity contribution in [1.29, 1.82) is 0 Å². The largest absolute Gasteiger partial charge is 0.361 e. The van der Waals surface area contributed by atoms with Gasteiger partial charge in [0, 0.05) is 18.2 Å². The monoisotopic (exact) mass is 264 g/mol. The number of rotatable bonds is 5. The second-order valence-corrected chi connectivity index (χ2v) is 6.04. The average Bonchev–Trinajstić information content (AvgIpc) is 2.61. The van der Waals surface area contributed by atoms with E-state index in [9.17, 15) is 0 Å². The van der Waals surface area contributed by atoms with Crippen LogP contribution in [0.2, 0.25) is 0 Å². The first kappa shape index (κ1) is 14.6. The predicted molar refractivity (Wildman–Crippen MR) is 78.1 cm³/mol. The molecule has 0 aliphatic heterocycles. The van der Waals surface area contributed by atoms with Crippen molar-refractivity contribution >= 4 is 0 Å². The van der Waals surface area contributed by atoms with Gasteiger partial charge in [-0.15, -0.1) is 0 Å². The SMILES string of the molecule is CCCC1CCCC(NCc2c(C)noc2C)CC1. The van der Waals surface area contributed by atoms with E-state index in [1.165, 1.54) is 50.5 Å². The Morgan fingerprint density at radius 3 is 2.74 bits per heavy atom. The summed E-state index contributed by atoms with van der Waals surface area (Å²) in [6.07, 6.45) is 9.60. The lowest BCUT2D eigenvalue weighted by atomic mass is 9.95. The molecule has 1 aromatic heterocycles. The van der Waals surface area contributed by atoms with Crippen molar-refractivity contribution in [1.82, 2.24) is 10.5 Å². The number of nitrogens with one attached hydrogen (secondary N) is 1. The van der Waals surface area contributed by atoms with E-state index in [0.29, 0.717) is 6.04 Å². The molecule has 1 aliphatic rings. The zero-order chi connectivity index (χ0) is 13.7. The Kier molecular flexibility index (Phi) is 5.44. The van der Waals surface area contributed by atoms with Gasteiger partial charge in [-0.05, 0) is 39.0 Å². The van der Waals surface area contributed by atoms with Crippen LogP contribution in [0.5, 0.6) is 0 Å². The average molecular weight is 264 g/mol. The molecule has 0 amide bonds. The molecular formula is C16H28N2O.